The van der Waals surface area contributed by atoms with Gasteiger partial charge in [-0.1, -0.05) is 60.0 Å². The molecule has 1 N–H and O–H groups in total. The summed E-state index contributed by atoms with van der Waals surface area (Å²) in [6, 6.07) is 11.1. The van der Waals surface area contributed by atoms with Crippen molar-refractivity contribution in [3.05, 3.63) is 63.6 Å². The predicted octanol–water partition coefficient (Wildman–Crippen LogP) is 4.72. The zero-order chi connectivity index (χ0) is 21.1. The van der Waals surface area contributed by atoms with Gasteiger partial charge in [-0.25, -0.2) is 8.42 Å². The van der Waals surface area contributed by atoms with Crippen LogP contribution in [-0.4, -0.2) is 26.6 Å². The maximum atomic E-state index is 13.0. The Kier molecular flexibility index (Phi) is 7.37. The minimum absolute atomic E-state index is 0.255. The number of anilines is 1. The van der Waals surface area contributed by atoms with E-state index in [2.05, 4.69) is 5.32 Å². The Labute approximate surface area is 176 Å². The number of benzene rings is 2. The van der Waals surface area contributed by atoms with Crippen molar-refractivity contribution in [2.75, 3.05) is 10.6 Å². The maximum Gasteiger partial charge on any atom is 0.244 e. The third-order valence-electron chi connectivity index (χ3n) is 4.37. The first-order valence-corrected chi connectivity index (χ1v) is 11.5. The van der Waals surface area contributed by atoms with Crippen molar-refractivity contribution in [1.82, 2.24) is 5.32 Å². The fourth-order valence-electron chi connectivity index (χ4n) is 2.97. The van der Waals surface area contributed by atoms with Gasteiger partial charge in [0.25, 0.3) is 0 Å². The van der Waals surface area contributed by atoms with Gasteiger partial charge in [-0.05, 0) is 44.0 Å². The molecule has 0 fully saturated rings. The summed E-state index contributed by atoms with van der Waals surface area (Å²) in [7, 11) is -3.76. The molecule has 2 aromatic rings. The number of aryl methyl sites for hydroxylation is 1. The van der Waals surface area contributed by atoms with Crippen molar-refractivity contribution in [2.45, 2.75) is 39.3 Å². The Bertz CT molecular complexity index is 926. The highest BCUT2D eigenvalue weighted by atomic mass is 35.5. The summed E-state index contributed by atoms with van der Waals surface area (Å²) >= 11 is 12.1. The number of rotatable bonds is 7. The lowest BCUT2D eigenvalue weighted by Crippen LogP contribution is -2.49. The average molecular weight is 443 g/mol. The van der Waals surface area contributed by atoms with Gasteiger partial charge in [-0.2, -0.15) is 0 Å². The molecule has 0 saturated heterocycles. The van der Waals surface area contributed by atoms with Crippen LogP contribution in [0, 0.1) is 6.92 Å². The van der Waals surface area contributed by atoms with E-state index in [0.717, 1.165) is 21.7 Å². The number of nitrogens with one attached hydrogen (secondary N) is 1. The van der Waals surface area contributed by atoms with E-state index in [1.54, 1.807) is 6.92 Å². The maximum absolute atomic E-state index is 13.0. The number of carbonyl (C=O) groups is 1. The van der Waals surface area contributed by atoms with Gasteiger partial charge in [0.05, 0.1) is 18.0 Å². The fraction of sp³-hybridized carbons (Fsp3) is 0.350. The van der Waals surface area contributed by atoms with Crippen LogP contribution in [0.25, 0.3) is 0 Å². The highest BCUT2D eigenvalue weighted by Crippen LogP contribution is 2.29. The molecule has 0 bridgehead atoms. The summed E-state index contributed by atoms with van der Waals surface area (Å²) in [6.07, 6.45) is 1.34. The summed E-state index contributed by atoms with van der Waals surface area (Å²) in [5.41, 5.74) is 2.31. The molecule has 0 aliphatic heterocycles. The highest BCUT2D eigenvalue weighted by molar-refractivity contribution is 7.92. The van der Waals surface area contributed by atoms with Gasteiger partial charge in [-0.15, -0.1) is 0 Å². The molecule has 2 rings (SSSR count). The van der Waals surface area contributed by atoms with Crippen molar-refractivity contribution < 1.29 is 13.2 Å². The zero-order valence-corrected chi connectivity index (χ0v) is 18.6. The van der Waals surface area contributed by atoms with Crippen molar-refractivity contribution in [3.8, 4) is 0 Å². The van der Waals surface area contributed by atoms with Gasteiger partial charge >= 0.3 is 0 Å². The van der Waals surface area contributed by atoms with E-state index in [0.29, 0.717) is 10.0 Å². The quantitative estimate of drug-likeness (QED) is 0.673. The van der Waals surface area contributed by atoms with E-state index in [-0.39, 0.29) is 18.2 Å². The molecule has 152 valence electrons. The van der Waals surface area contributed by atoms with E-state index in [9.17, 15) is 13.2 Å². The Balaban J connectivity index is 2.34. The second-order valence-electron chi connectivity index (χ2n) is 6.75. The first kappa shape index (κ1) is 22.5. The molecular formula is C20H24Cl2N2O3S. The minimum Gasteiger partial charge on any atom is -0.348 e. The summed E-state index contributed by atoms with van der Waals surface area (Å²) in [6.45, 7) is 5.60. The third-order valence-corrected chi connectivity index (χ3v) is 5.98. The number of hydrogen-bond donors (Lipinski definition) is 1. The lowest BCUT2D eigenvalue weighted by atomic mass is 10.1. The smallest absolute Gasteiger partial charge is 0.244 e. The van der Waals surface area contributed by atoms with Crippen LogP contribution in [0.3, 0.4) is 0 Å². The summed E-state index contributed by atoms with van der Waals surface area (Å²) in [5, 5.41) is 3.49. The largest absolute Gasteiger partial charge is 0.348 e. The molecule has 0 unspecified atom stereocenters. The van der Waals surface area contributed by atoms with E-state index in [1.165, 1.54) is 18.2 Å². The lowest BCUT2D eigenvalue weighted by molar-refractivity contribution is -0.122. The Morgan fingerprint density at radius 1 is 1.11 bits per heavy atom. The first-order valence-electron chi connectivity index (χ1n) is 8.85. The van der Waals surface area contributed by atoms with Crippen LogP contribution in [0.1, 0.15) is 37.4 Å². The summed E-state index contributed by atoms with van der Waals surface area (Å²) < 4.78 is 26.1. The van der Waals surface area contributed by atoms with Gasteiger partial charge in [-0.3, -0.25) is 9.10 Å². The Morgan fingerprint density at radius 3 is 2.11 bits per heavy atom. The van der Waals surface area contributed by atoms with Crippen molar-refractivity contribution in [2.24, 2.45) is 0 Å². The number of sulfonamides is 1. The van der Waals surface area contributed by atoms with Crippen LogP contribution in [0.4, 0.5) is 5.69 Å². The molecule has 5 nitrogen and oxygen atoms in total. The highest BCUT2D eigenvalue weighted by Gasteiger charge is 2.32. The predicted molar refractivity (Wildman–Crippen MR) is 116 cm³/mol. The summed E-state index contributed by atoms with van der Waals surface area (Å²) in [5.74, 6) is -0.392. The minimum atomic E-state index is -3.76. The molecule has 1 amide bonds. The molecule has 28 heavy (non-hydrogen) atoms. The molecule has 0 aliphatic rings. The monoisotopic (exact) mass is 442 g/mol. The first-order chi connectivity index (χ1) is 13.0. The van der Waals surface area contributed by atoms with E-state index in [1.807, 2.05) is 38.1 Å². The molecule has 0 aliphatic carbocycles. The molecule has 8 heteroatoms. The molecule has 0 spiro atoms. The average Bonchev–Trinajstić information content (AvgIpc) is 2.57. The van der Waals surface area contributed by atoms with E-state index >= 15 is 0 Å². The zero-order valence-electron chi connectivity index (χ0n) is 16.2. The van der Waals surface area contributed by atoms with Gasteiger partial charge in [0.2, 0.25) is 15.9 Å². The van der Waals surface area contributed by atoms with Crippen LogP contribution >= 0.6 is 23.2 Å². The second kappa shape index (κ2) is 9.16. The number of carbonyl (C=O) groups excluding carboxylic acids is 1. The molecular weight excluding hydrogens is 419 g/mol. The van der Waals surface area contributed by atoms with Crippen molar-refractivity contribution >= 4 is 44.8 Å². The topological polar surface area (TPSA) is 66.5 Å². The number of halogens is 2. The van der Waals surface area contributed by atoms with Crippen LogP contribution < -0.4 is 9.62 Å². The van der Waals surface area contributed by atoms with Crippen LogP contribution in [0.15, 0.2) is 42.5 Å². The molecule has 0 aromatic heterocycles. The van der Waals surface area contributed by atoms with Crippen LogP contribution in [-0.2, 0) is 14.8 Å². The SMILES string of the molecule is CC[C@H](C(=O)N[C@H](C)c1ccc(C)cc1)N(c1cc(Cl)cc(Cl)c1)S(C)(=O)=O. The second-order valence-corrected chi connectivity index (χ2v) is 9.48. The van der Waals surface area contributed by atoms with Crippen molar-refractivity contribution in [3.63, 3.8) is 0 Å². The van der Waals surface area contributed by atoms with E-state index < -0.39 is 22.0 Å². The van der Waals surface area contributed by atoms with Crippen LogP contribution in [0.2, 0.25) is 10.0 Å². The van der Waals surface area contributed by atoms with Gasteiger partial charge < -0.3 is 5.32 Å². The van der Waals surface area contributed by atoms with Crippen molar-refractivity contribution in [1.29, 1.82) is 0 Å². The third kappa shape index (κ3) is 5.63. The molecule has 0 saturated carbocycles. The molecule has 0 heterocycles. The molecule has 2 atom stereocenters. The lowest BCUT2D eigenvalue weighted by Gasteiger charge is -2.31. The number of nitrogens with zero attached hydrogens (tertiary/aromatic N) is 1. The number of hydrogen-bond acceptors (Lipinski definition) is 3. The van der Waals surface area contributed by atoms with Gasteiger partial charge in [0, 0.05) is 10.0 Å². The van der Waals surface area contributed by atoms with Gasteiger partial charge in [0.15, 0.2) is 0 Å². The van der Waals surface area contributed by atoms with Gasteiger partial charge in [0.1, 0.15) is 6.04 Å². The fourth-order valence-corrected chi connectivity index (χ4v) is 4.68. The van der Waals surface area contributed by atoms with Crippen LogP contribution in [0.5, 0.6) is 0 Å². The normalized spacial score (nSPS) is 13.6. The molecule has 0 radical (unpaired) electrons. The standard InChI is InChI=1S/C20H24Cl2N2O3S/c1-5-19(20(25)23-14(3)15-8-6-13(2)7-9-15)24(28(4,26)27)18-11-16(21)10-17(22)12-18/h6-12,14,19H,5H2,1-4H3,(H,23,25)/t14-,19-/m1/s1. The summed E-state index contributed by atoms with van der Waals surface area (Å²) in [4.78, 5) is 13.0. The Morgan fingerprint density at radius 2 is 1.64 bits per heavy atom. The van der Waals surface area contributed by atoms with E-state index in [4.69, 9.17) is 23.2 Å². The number of amides is 1. The Hall–Kier alpha value is -1.76. The molecule has 2 aromatic carbocycles.